The van der Waals surface area contributed by atoms with Crippen LogP contribution in [-0.2, 0) is 10.2 Å². The summed E-state index contributed by atoms with van der Waals surface area (Å²) in [6.07, 6.45) is 0. The Morgan fingerprint density at radius 3 is 2.67 bits per heavy atom. The van der Waals surface area contributed by atoms with E-state index in [0.717, 1.165) is 16.7 Å². The van der Waals surface area contributed by atoms with E-state index in [0.29, 0.717) is 6.54 Å². The maximum Gasteiger partial charge on any atom is 0.238 e. The van der Waals surface area contributed by atoms with Crippen LogP contribution in [-0.4, -0.2) is 19.0 Å². The molecule has 0 aliphatic carbocycles. The Morgan fingerprint density at radius 1 is 1.24 bits per heavy atom. The van der Waals surface area contributed by atoms with E-state index in [1.807, 2.05) is 24.3 Å². The van der Waals surface area contributed by atoms with Gasteiger partial charge >= 0.3 is 0 Å². The summed E-state index contributed by atoms with van der Waals surface area (Å²) in [6.45, 7) is 5.42. The number of amides is 1. The lowest BCUT2D eigenvalue weighted by molar-refractivity contribution is -0.115. The van der Waals surface area contributed by atoms with E-state index >= 15 is 0 Å². The molecule has 5 heteroatoms. The van der Waals surface area contributed by atoms with Crippen molar-refractivity contribution in [2.45, 2.75) is 19.3 Å². The lowest BCUT2D eigenvalue weighted by Gasteiger charge is -2.23. The molecule has 1 heterocycles. The van der Waals surface area contributed by atoms with Crippen molar-refractivity contribution in [2.75, 3.05) is 18.4 Å². The van der Waals surface area contributed by atoms with Gasteiger partial charge < -0.3 is 10.6 Å². The van der Waals surface area contributed by atoms with Gasteiger partial charge in [0.05, 0.1) is 12.2 Å². The maximum atomic E-state index is 11.9. The lowest BCUT2D eigenvalue weighted by atomic mass is 9.91. The molecule has 0 spiro atoms. The third kappa shape index (κ3) is 4.66. The standard InChI is InChI=1S/C16H19BrN2OS/c1-16(2,14-8-5-9-21-14)11-18-10-15(20)19-13-7-4-3-6-12(13)17/h3-9,18H,10-11H2,1-2H3,(H,19,20). The molecule has 2 rings (SSSR count). The average molecular weight is 367 g/mol. The molecule has 0 saturated heterocycles. The van der Waals surface area contributed by atoms with Crippen molar-refractivity contribution in [2.24, 2.45) is 0 Å². The Bertz CT molecular complexity index is 596. The van der Waals surface area contributed by atoms with Crippen LogP contribution in [0.2, 0.25) is 0 Å². The maximum absolute atomic E-state index is 11.9. The van der Waals surface area contributed by atoms with Crippen molar-refractivity contribution in [3.63, 3.8) is 0 Å². The van der Waals surface area contributed by atoms with Crippen molar-refractivity contribution in [3.8, 4) is 0 Å². The molecule has 0 aliphatic heterocycles. The normalized spacial score (nSPS) is 11.4. The molecule has 0 fully saturated rings. The van der Waals surface area contributed by atoms with E-state index in [9.17, 15) is 4.79 Å². The third-order valence-electron chi connectivity index (χ3n) is 3.19. The number of nitrogens with one attached hydrogen (secondary N) is 2. The van der Waals surface area contributed by atoms with E-state index in [1.54, 1.807) is 11.3 Å². The molecule has 1 aromatic carbocycles. The minimum atomic E-state index is -0.0381. The monoisotopic (exact) mass is 366 g/mol. The fourth-order valence-corrected chi connectivity index (χ4v) is 3.23. The zero-order chi connectivity index (χ0) is 15.3. The molecule has 2 aromatic rings. The van der Waals surface area contributed by atoms with Gasteiger partial charge in [-0.15, -0.1) is 11.3 Å². The van der Waals surface area contributed by atoms with Gasteiger partial charge in [-0.1, -0.05) is 32.0 Å². The average Bonchev–Trinajstić information content (AvgIpc) is 2.96. The summed E-state index contributed by atoms with van der Waals surface area (Å²) < 4.78 is 0.886. The van der Waals surface area contributed by atoms with E-state index in [-0.39, 0.29) is 11.3 Å². The number of thiophene rings is 1. The molecular weight excluding hydrogens is 348 g/mol. The number of hydrogen-bond donors (Lipinski definition) is 2. The van der Waals surface area contributed by atoms with Crippen LogP contribution < -0.4 is 10.6 Å². The molecule has 2 N–H and O–H groups in total. The Balaban J connectivity index is 1.81. The first-order chi connectivity index (χ1) is 9.99. The van der Waals surface area contributed by atoms with Gasteiger partial charge in [-0.3, -0.25) is 4.79 Å². The first kappa shape index (κ1) is 16.2. The molecule has 1 aromatic heterocycles. The SMILES string of the molecule is CC(C)(CNCC(=O)Nc1ccccc1Br)c1cccs1. The largest absolute Gasteiger partial charge is 0.324 e. The second-order valence-electron chi connectivity index (χ2n) is 5.49. The molecule has 0 saturated carbocycles. The second kappa shape index (κ2) is 7.20. The summed E-state index contributed by atoms with van der Waals surface area (Å²) in [4.78, 5) is 13.3. The van der Waals surface area contributed by atoms with Gasteiger partial charge in [0.2, 0.25) is 5.91 Å². The Kier molecular flexibility index (Phi) is 5.56. The summed E-state index contributed by atoms with van der Waals surface area (Å²) in [5, 5.41) is 8.20. The van der Waals surface area contributed by atoms with Crippen LogP contribution in [0.5, 0.6) is 0 Å². The third-order valence-corrected chi connectivity index (χ3v) is 5.12. The molecule has 0 radical (unpaired) electrons. The van der Waals surface area contributed by atoms with E-state index in [4.69, 9.17) is 0 Å². The van der Waals surface area contributed by atoms with Crippen molar-refractivity contribution >= 4 is 38.9 Å². The Labute approximate surface area is 137 Å². The molecule has 112 valence electrons. The van der Waals surface area contributed by atoms with Crippen LogP contribution in [0.25, 0.3) is 0 Å². The summed E-state index contributed by atoms with van der Waals surface area (Å²) >= 11 is 5.16. The molecule has 0 bridgehead atoms. The Hall–Kier alpha value is -1.17. The second-order valence-corrected chi connectivity index (χ2v) is 7.29. The lowest BCUT2D eigenvalue weighted by Crippen LogP contribution is -2.37. The predicted octanol–water partition coefficient (Wildman–Crippen LogP) is 4.02. The Morgan fingerprint density at radius 2 is 2.00 bits per heavy atom. The minimum absolute atomic E-state index is 0.0295. The van der Waals surface area contributed by atoms with Gasteiger partial charge in [-0.2, -0.15) is 0 Å². The van der Waals surface area contributed by atoms with Gasteiger partial charge in [0, 0.05) is 21.3 Å². The number of benzene rings is 1. The molecular formula is C16H19BrN2OS. The van der Waals surface area contributed by atoms with E-state index in [2.05, 4.69) is 57.9 Å². The van der Waals surface area contributed by atoms with Gasteiger partial charge in [-0.05, 0) is 39.5 Å². The molecule has 21 heavy (non-hydrogen) atoms. The van der Waals surface area contributed by atoms with E-state index in [1.165, 1.54) is 4.88 Å². The number of rotatable bonds is 6. The summed E-state index contributed by atoms with van der Waals surface area (Å²) in [5.74, 6) is -0.0381. The number of para-hydroxylation sites is 1. The van der Waals surface area contributed by atoms with Crippen molar-refractivity contribution in [1.82, 2.24) is 5.32 Å². The zero-order valence-electron chi connectivity index (χ0n) is 12.2. The van der Waals surface area contributed by atoms with Crippen LogP contribution in [0.3, 0.4) is 0 Å². The molecule has 0 unspecified atom stereocenters. The first-order valence-electron chi connectivity index (χ1n) is 6.78. The minimum Gasteiger partial charge on any atom is -0.324 e. The van der Waals surface area contributed by atoms with Crippen LogP contribution >= 0.6 is 27.3 Å². The molecule has 3 nitrogen and oxygen atoms in total. The van der Waals surface area contributed by atoms with Gasteiger partial charge in [0.15, 0.2) is 0 Å². The molecule has 0 atom stereocenters. The first-order valence-corrected chi connectivity index (χ1v) is 8.45. The van der Waals surface area contributed by atoms with Crippen molar-refractivity contribution in [1.29, 1.82) is 0 Å². The van der Waals surface area contributed by atoms with E-state index < -0.39 is 0 Å². The summed E-state index contributed by atoms with van der Waals surface area (Å²) in [5.41, 5.74) is 0.823. The zero-order valence-corrected chi connectivity index (χ0v) is 14.6. The van der Waals surface area contributed by atoms with Crippen LogP contribution in [0.15, 0.2) is 46.3 Å². The highest BCUT2D eigenvalue weighted by atomic mass is 79.9. The number of carbonyl (C=O) groups excluding carboxylic acids is 1. The number of hydrogen-bond acceptors (Lipinski definition) is 3. The molecule has 0 aliphatic rings. The highest BCUT2D eigenvalue weighted by molar-refractivity contribution is 9.10. The summed E-state index contributed by atoms with van der Waals surface area (Å²) in [7, 11) is 0. The van der Waals surface area contributed by atoms with Crippen molar-refractivity contribution < 1.29 is 4.79 Å². The van der Waals surface area contributed by atoms with Gasteiger partial charge in [0.1, 0.15) is 0 Å². The fourth-order valence-electron chi connectivity index (χ4n) is 2.00. The van der Waals surface area contributed by atoms with Crippen LogP contribution in [0, 0.1) is 0 Å². The highest BCUT2D eigenvalue weighted by Gasteiger charge is 2.21. The van der Waals surface area contributed by atoms with Crippen LogP contribution in [0.1, 0.15) is 18.7 Å². The number of anilines is 1. The van der Waals surface area contributed by atoms with Gasteiger partial charge in [-0.25, -0.2) is 0 Å². The van der Waals surface area contributed by atoms with Crippen molar-refractivity contribution in [3.05, 3.63) is 51.1 Å². The number of carbonyl (C=O) groups is 1. The van der Waals surface area contributed by atoms with Gasteiger partial charge in [0.25, 0.3) is 0 Å². The van der Waals surface area contributed by atoms with Crippen LogP contribution in [0.4, 0.5) is 5.69 Å². The smallest absolute Gasteiger partial charge is 0.238 e. The molecule has 1 amide bonds. The summed E-state index contributed by atoms with van der Waals surface area (Å²) in [6, 6.07) is 11.8. The fraction of sp³-hybridized carbons (Fsp3) is 0.312. The highest BCUT2D eigenvalue weighted by Crippen LogP contribution is 2.26. The number of halogens is 1. The quantitative estimate of drug-likeness (QED) is 0.810. The topological polar surface area (TPSA) is 41.1 Å². The predicted molar refractivity (Wildman–Crippen MR) is 93.0 cm³/mol.